The van der Waals surface area contributed by atoms with Crippen molar-refractivity contribution in [2.45, 2.75) is 25.3 Å². The molecule has 0 aromatic heterocycles. The molecule has 2 saturated heterocycles. The van der Waals surface area contributed by atoms with E-state index >= 15 is 0 Å². The summed E-state index contributed by atoms with van der Waals surface area (Å²) in [5, 5.41) is 0.706. The molecule has 0 unspecified atom stereocenters. The maximum atomic E-state index is 12.1. The van der Waals surface area contributed by atoms with E-state index < -0.39 is 5.97 Å². The molecule has 0 aliphatic carbocycles. The number of benzene rings is 1. The van der Waals surface area contributed by atoms with Crippen molar-refractivity contribution in [3.63, 3.8) is 0 Å². The van der Waals surface area contributed by atoms with E-state index in [0.717, 1.165) is 19.5 Å². The van der Waals surface area contributed by atoms with Gasteiger partial charge in [-0.15, -0.1) is 0 Å². The Balaban J connectivity index is 1.55. The summed E-state index contributed by atoms with van der Waals surface area (Å²) in [6.07, 6.45) is 4.72. The molecular formula is C19H24N2O3S. The summed E-state index contributed by atoms with van der Waals surface area (Å²) in [7, 11) is 1.35. The Kier molecular flexibility index (Phi) is 6.15. The van der Waals surface area contributed by atoms with Crippen molar-refractivity contribution < 1.29 is 14.3 Å². The number of amides is 1. The standard InChI is InChI=1S/C19H24N2O3S/c1-24-19(23)13-18-21(17(22)14-25-18)12-6-11-20-10-5-9-16(20)15-7-3-2-4-8-15/h2-4,7-8,13,16H,5-6,9-12,14H2,1H3/b18-13-/t16-/m0/s1. The molecule has 2 aliphatic heterocycles. The predicted molar refractivity (Wildman–Crippen MR) is 98.9 cm³/mol. The van der Waals surface area contributed by atoms with Crippen molar-refractivity contribution >= 4 is 23.6 Å². The van der Waals surface area contributed by atoms with Crippen LogP contribution in [0.5, 0.6) is 0 Å². The molecule has 1 amide bonds. The van der Waals surface area contributed by atoms with Crippen molar-refractivity contribution in [2.75, 3.05) is 32.5 Å². The van der Waals surface area contributed by atoms with E-state index in [4.69, 9.17) is 0 Å². The van der Waals surface area contributed by atoms with Crippen molar-refractivity contribution in [3.05, 3.63) is 47.0 Å². The van der Waals surface area contributed by atoms with Gasteiger partial charge in [0.2, 0.25) is 5.91 Å². The molecule has 6 heteroatoms. The van der Waals surface area contributed by atoms with E-state index in [-0.39, 0.29) is 5.91 Å². The van der Waals surface area contributed by atoms with Gasteiger partial charge in [0.1, 0.15) is 0 Å². The first-order valence-electron chi connectivity index (χ1n) is 8.71. The fourth-order valence-electron chi connectivity index (χ4n) is 3.51. The van der Waals surface area contributed by atoms with E-state index in [1.54, 1.807) is 4.90 Å². The first-order valence-corrected chi connectivity index (χ1v) is 9.69. The van der Waals surface area contributed by atoms with E-state index in [1.165, 1.54) is 43.4 Å². The molecule has 0 radical (unpaired) electrons. The number of methoxy groups -OCH3 is 1. The van der Waals surface area contributed by atoms with Crippen LogP contribution in [0.3, 0.4) is 0 Å². The molecule has 3 rings (SSSR count). The Bertz CT molecular complexity index is 647. The largest absolute Gasteiger partial charge is 0.466 e. The minimum Gasteiger partial charge on any atom is -0.466 e. The van der Waals surface area contributed by atoms with Gasteiger partial charge in [0, 0.05) is 19.1 Å². The van der Waals surface area contributed by atoms with Crippen molar-refractivity contribution in [1.29, 1.82) is 0 Å². The molecule has 1 aromatic carbocycles. The number of ether oxygens (including phenoxy) is 1. The quantitative estimate of drug-likeness (QED) is 0.577. The van der Waals surface area contributed by atoms with Gasteiger partial charge < -0.3 is 9.64 Å². The van der Waals surface area contributed by atoms with Crippen LogP contribution in [-0.2, 0) is 14.3 Å². The van der Waals surface area contributed by atoms with Crippen LogP contribution in [0.4, 0.5) is 0 Å². The summed E-state index contributed by atoms with van der Waals surface area (Å²) < 4.78 is 4.67. The SMILES string of the molecule is COC(=O)/C=C1\SCC(=O)N1CCCN1CCC[C@H]1c1ccccc1. The van der Waals surface area contributed by atoms with Crippen molar-refractivity contribution in [3.8, 4) is 0 Å². The van der Waals surface area contributed by atoms with E-state index in [1.807, 2.05) is 0 Å². The number of likely N-dealkylation sites (tertiary alicyclic amines) is 1. The lowest BCUT2D eigenvalue weighted by molar-refractivity contribution is -0.134. The molecule has 5 nitrogen and oxygen atoms in total. The van der Waals surface area contributed by atoms with E-state index in [0.29, 0.717) is 23.4 Å². The summed E-state index contributed by atoms with van der Waals surface area (Å²) in [6.45, 7) is 2.71. The molecule has 0 N–H and O–H groups in total. The van der Waals surface area contributed by atoms with Crippen LogP contribution < -0.4 is 0 Å². The Morgan fingerprint density at radius 1 is 1.32 bits per heavy atom. The van der Waals surface area contributed by atoms with Gasteiger partial charge >= 0.3 is 5.97 Å². The lowest BCUT2D eigenvalue weighted by atomic mass is 10.0. The third-order valence-corrected chi connectivity index (χ3v) is 5.75. The number of esters is 1. The molecule has 0 saturated carbocycles. The highest BCUT2D eigenvalue weighted by Gasteiger charge is 2.29. The minimum absolute atomic E-state index is 0.0705. The van der Waals surface area contributed by atoms with Gasteiger partial charge in [-0.2, -0.15) is 0 Å². The van der Waals surface area contributed by atoms with Gasteiger partial charge in [0.25, 0.3) is 0 Å². The van der Waals surface area contributed by atoms with Crippen LogP contribution in [0.15, 0.2) is 41.4 Å². The van der Waals surface area contributed by atoms with Gasteiger partial charge in [0.15, 0.2) is 0 Å². The van der Waals surface area contributed by atoms with Gasteiger partial charge in [-0.1, -0.05) is 42.1 Å². The molecule has 1 atom stereocenters. The average molecular weight is 360 g/mol. The Hall–Kier alpha value is -1.79. The second kappa shape index (κ2) is 8.54. The zero-order valence-corrected chi connectivity index (χ0v) is 15.3. The number of carbonyl (C=O) groups excluding carboxylic acids is 2. The van der Waals surface area contributed by atoms with Crippen LogP contribution in [0.2, 0.25) is 0 Å². The summed E-state index contributed by atoms with van der Waals surface area (Å²) >= 11 is 1.41. The zero-order chi connectivity index (χ0) is 17.6. The lowest BCUT2D eigenvalue weighted by Crippen LogP contribution is -2.30. The second-order valence-corrected chi connectivity index (χ2v) is 7.29. The third-order valence-electron chi connectivity index (χ3n) is 4.73. The van der Waals surface area contributed by atoms with Crippen LogP contribution >= 0.6 is 11.8 Å². The normalized spacial score (nSPS) is 22.8. The van der Waals surface area contributed by atoms with Gasteiger partial charge in [0.05, 0.1) is 24.0 Å². The number of rotatable bonds is 6. The number of hydrogen-bond acceptors (Lipinski definition) is 5. The highest BCUT2D eigenvalue weighted by molar-refractivity contribution is 8.04. The number of hydrogen-bond donors (Lipinski definition) is 0. The topological polar surface area (TPSA) is 49.9 Å². The minimum atomic E-state index is -0.411. The number of nitrogens with zero attached hydrogens (tertiary/aromatic N) is 2. The highest BCUT2D eigenvalue weighted by Crippen LogP contribution is 2.32. The Labute approximate surface area is 153 Å². The summed E-state index contributed by atoms with van der Waals surface area (Å²) in [5.41, 5.74) is 1.37. The molecule has 0 spiro atoms. The molecule has 2 fully saturated rings. The van der Waals surface area contributed by atoms with Crippen LogP contribution in [0.25, 0.3) is 0 Å². The Morgan fingerprint density at radius 2 is 2.12 bits per heavy atom. The monoisotopic (exact) mass is 360 g/mol. The van der Waals surface area contributed by atoms with Gasteiger partial charge in [-0.3, -0.25) is 9.69 Å². The average Bonchev–Trinajstić information content (AvgIpc) is 3.24. The molecule has 134 valence electrons. The third kappa shape index (κ3) is 4.44. The van der Waals surface area contributed by atoms with Crippen LogP contribution in [-0.4, -0.2) is 54.2 Å². The molecule has 0 bridgehead atoms. The fraction of sp³-hybridized carbons (Fsp3) is 0.474. The van der Waals surface area contributed by atoms with Gasteiger partial charge in [-0.05, 0) is 31.4 Å². The maximum Gasteiger partial charge on any atom is 0.333 e. The molecule has 1 aromatic rings. The molecule has 2 heterocycles. The predicted octanol–water partition coefficient (Wildman–Crippen LogP) is 2.80. The fourth-order valence-corrected chi connectivity index (χ4v) is 4.46. The number of thioether (sulfide) groups is 1. The highest BCUT2D eigenvalue weighted by atomic mass is 32.2. The summed E-state index contributed by atoms with van der Waals surface area (Å²) in [5.74, 6) is 0.0613. The van der Waals surface area contributed by atoms with Gasteiger partial charge in [-0.25, -0.2) is 4.79 Å². The van der Waals surface area contributed by atoms with E-state index in [2.05, 4.69) is 40.0 Å². The summed E-state index contributed by atoms with van der Waals surface area (Å²) in [6, 6.07) is 11.1. The lowest BCUT2D eigenvalue weighted by Gasteiger charge is -2.26. The summed E-state index contributed by atoms with van der Waals surface area (Å²) in [4.78, 5) is 27.7. The smallest absolute Gasteiger partial charge is 0.333 e. The van der Waals surface area contributed by atoms with Crippen molar-refractivity contribution in [1.82, 2.24) is 9.80 Å². The first-order chi connectivity index (χ1) is 12.2. The Morgan fingerprint density at radius 3 is 2.88 bits per heavy atom. The zero-order valence-electron chi connectivity index (χ0n) is 14.5. The van der Waals surface area contributed by atoms with E-state index in [9.17, 15) is 9.59 Å². The molecule has 25 heavy (non-hydrogen) atoms. The van der Waals surface area contributed by atoms with Crippen molar-refractivity contribution in [2.24, 2.45) is 0 Å². The van der Waals surface area contributed by atoms with Crippen LogP contribution in [0, 0.1) is 0 Å². The molecule has 2 aliphatic rings. The number of carbonyl (C=O) groups is 2. The second-order valence-electron chi connectivity index (χ2n) is 6.30. The van der Waals surface area contributed by atoms with Crippen LogP contribution in [0.1, 0.15) is 30.9 Å². The maximum absolute atomic E-state index is 12.1. The first kappa shape index (κ1) is 18.0. The molecular weight excluding hydrogens is 336 g/mol.